The number of nitrogens with zero attached hydrogens (tertiary/aromatic N) is 1. The van der Waals surface area contributed by atoms with Gasteiger partial charge in [0.25, 0.3) is 0 Å². The first-order valence-corrected chi connectivity index (χ1v) is 8.94. The molecule has 1 aromatic heterocycles. The molecule has 3 rings (SSSR count). The van der Waals surface area contributed by atoms with Gasteiger partial charge in [-0.3, -0.25) is 4.79 Å². The summed E-state index contributed by atoms with van der Waals surface area (Å²) in [6.45, 7) is 8.24. The molecule has 4 nitrogen and oxygen atoms in total. The number of hydrogen-bond donors (Lipinski definition) is 0. The van der Waals surface area contributed by atoms with Gasteiger partial charge < -0.3 is 9.30 Å². The fourth-order valence-corrected chi connectivity index (χ4v) is 3.59. The predicted molar refractivity (Wildman–Crippen MR) is 99.4 cm³/mol. The minimum absolute atomic E-state index is 0.0814. The summed E-state index contributed by atoms with van der Waals surface area (Å²) in [7, 11) is 0. The molecule has 0 saturated carbocycles. The van der Waals surface area contributed by atoms with Crippen LogP contribution in [0.4, 0.5) is 0 Å². The molecule has 2 aromatic rings. The summed E-state index contributed by atoms with van der Waals surface area (Å²) in [5.41, 5.74) is 3.74. The molecule has 0 bridgehead atoms. The molecule has 2 heterocycles. The van der Waals surface area contributed by atoms with E-state index in [-0.39, 0.29) is 23.6 Å². The molecule has 25 heavy (non-hydrogen) atoms. The smallest absolute Gasteiger partial charge is 0.343 e. The number of halogens is 1. The predicted octanol–water partition coefficient (Wildman–Crippen LogP) is 4.41. The van der Waals surface area contributed by atoms with Gasteiger partial charge in [-0.15, -0.1) is 0 Å². The zero-order valence-electron chi connectivity index (χ0n) is 14.9. The Labute approximate surface area is 152 Å². The maximum absolute atomic E-state index is 12.5. The number of hydrogen-bond acceptors (Lipinski definition) is 3. The van der Waals surface area contributed by atoms with Crippen LogP contribution in [0.3, 0.4) is 0 Å². The van der Waals surface area contributed by atoms with Crippen LogP contribution >= 0.6 is 11.6 Å². The molecule has 0 spiro atoms. The second kappa shape index (κ2) is 6.68. The van der Waals surface area contributed by atoms with Crippen LogP contribution in [0.5, 0.6) is 0 Å². The number of fused-ring (bicyclic) bond motifs is 3. The Morgan fingerprint density at radius 2 is 2.08 bits per heavy atom. The van der Waals surface area contributed by atoms with Crippen molar-refractivity contribution in [1.29, 1.82) is 0 Å². The fourth-order valence-electron chi connectivity index (χ4n) is 3.43. The van der Waals surface area contributed by atoms with Crippen molar-refractivity contribution in [2.75, 3.05) is 6.61 Å². The van der Waals surface area contributed by atoms with Gasteiger partial charge >= 0.3 is 5.97 Å². The first-order chi connectivity index (χ1) is 11.8. The molecule has 1 aliphatic heterocycles. The standard InChI is InChI=1S/C20H22ClNO3/c1-5-25-20(24)15-10-22-17(11(2)3)7-13-6-12(4)16(21)8-14(13)18(22)9-19(15)23/h6,8-11,17H,5,7H2,1-4H3. The Morgan fingerprint density at radius 3 is 2.72 bits per heavy atom. The quantitative estimate of drug-likeness (QED) is 0.763. The van der Waals surface area contributed by atoms with Crippen LogP contribution in [0.15, 0.2) is 29.2 Å². The van der Waals surface area contributed by atoms with E-state index in [4.69, 9.17) is 16.3 Å². The topological polar surface area (TPSA) is 48.3 Å². The van der Waals surface area contributed by atoms with Gasteiger partial charge in [-0.2, -0.15) is 0 Å². The van der Waals surface area contributed by atoms with Crippen molar-refractivity contribution >= 4 is 17.6 Å². The van der Waals surface area contributed by atoms with E-state index in [1.807, 2.05) is 17.6 Å². The van der Waals surface area contributed by atoms with Crippen LogP contribution in [0.25, 0.3) is 11.3 Å². The number of aryl methyl sites for hydroxylation is 1. The van der Waals surface area contributed by atoms with Gasteiger partial charge in [-0.05, 0) is 43.4 Å². The zero-order chi connectivity index (χ0) is 18.3. The Balaban J connectivity index is 2.25. The second-order valence-electron chi connectivity index (χ2n) is 6.84. The van der Waals surface area contributed by atoms with Crippen LogP contribution in [0.1, 0.15) is 48.3 Å². The normalized spacial score (nSPS) is 15.7. The van der Waals surface area contributed by atoms with Crippen LogP contribution < -0.4 is 5.43 Å². The molecule has 0 aliphatic carbocycles. The number of ether oxygens (including phenoxy) is 1. The van der Waals surface area contributed by atoms with Gasteiger partial charge in [-0.1, -0.05) is 31.5 Å². The molecular formula is C20H22ClNO3. The van der Waals surface area contributed by atoms with E-state index in [0.29, 0.717) is 10.9 Å². The van der Waals surface area contributed by atoms with Gasteiger partial charge in [0.15, 0.2) is 5.43 Å². The maximum atomic E-state index is 12.5. The molecule has 5 heteroatoms. The first kappa shape index (κ1) is 17.7. The van der Waals surface area contributed by atoms with Crippen LogP contribution in [0, 0.1) is 12.8 Å². The Bertz CT molecular complexity index is 899. The highest BCUT2D eigenvalue weighted by molar-refractivity contribution is 6.31. The van der Waals surface area contributed by atoms with E-state index in [0.717, 1.165) is 23.2 Å². The second-order valence-corrected chi connectivity index (χ2v) is 7.25. The molecule has 0 saturated heterocycles. The van der Waals surface area contributed by atoms with E-state index >= 15 is 0 Å². The minimum Gasteiger partial charge on any atom is -0.462 e. The van der Waals surface area contributed by atoms with Crippen molar-refractivity contribution < 1.29 is 9.53 Å². The molecular weight excluding hydrogens is 338 g/mol. The molecule has 0 amide bonds. The number of carbonyl (C=O) groups is 1. The summed E-state index contributed by atoms with van der Waals surface area (Å²) >= 11 is 6.31. The monoisotopic (exact) mass is 359 g/mol. The summed E-state index contributed by atoms with van der Waals surface area (Å²) in [6, 6.07) is 5.71. The minimum atomic E-state index is -0.571. The highest BCUT2D eigenvalue weighted by Gasteiger charge is 2.28. The van der Waals surface area contributed by atoms with Crippen LogP contribution in [-0.4, -0.2) is 17.1 Å². The lowest BCUT2D eigenvalue weighted by atomic mass is 9.86. The van der Waals surface area contributed by atoms with Crippen molar-refractivity contribution in [3.8, 4) is 11.3 Å². The lowest BCUT2D eigenvalue weighted by Gasteiger charge is -2.33. The van der Waals surface area contributed by atoms with Crippen molar-refractivity contribution in [2.45, 2.75) is 40.2 Å². The SMILES string of the molecule is CCOC(=O)c1cn2c(cc1=O)-c1cc(Cl)c(C)cc1CC2C(C)C. The van der Waals surface area contributed by atoms with Gasteiger partial charge in [0.2, 0.25) is 0 Å². The van der Waals surface area contributed by atoms with Gasteiger partial charge in [0.1, 0.15) is 5.56 Å². The Morgan fingerprint density at radius 1 is 1.36 bits per heavy atom. The van der Waals surface area contributed by atoms with Gasteiger partial charge in [-0.25, -0.2) is 4.79 Å². The van der Waals surface area contributed by atoms with Crippen LogP contribution in [-0.2, 0) is 11.2 Å². The molecule has 0 radical (unpaired) electrons. The lowest BCUT2D eigenvalue weighted by Crippen LogP contribution is -2.28. The van der Waals surface area contributed by atoms with Crippen molar-refractivity contribution in [1.82, 2.24) is 4.57 Å². The number of carbonyl (C=O) groups excluding carboxylic acids is 1. The molecule has 1 aliphatic rings. The third kappa shape index (κ3) is 3.11. The molecule has 0 fully saturated rings. The van der Waals surface area contributed by atoms with E-state index in [2.05, 4.69) is 19.9 Å². The third-order valence-corrected chi connectivity index (χ3v) is 5.20. The number of rotatable bonds is 3. The number of benzene rings is 1. The van der Waals surface area contributed by atoms with Crippen LogP contribution in [0.2, 0.25) is 5.02 Å². The average Bonchev–Trinajstić information content (AvgIpc) is 2.55. The summed E-state index contributed by atoms with van der Waals surface area (Å²) in [5.74, 6) is -0.224. The number of esters is 1. The van der Waals surface area contributed by atoms with Gasteiger partial charge in [0.05, 0.1) is 12.3 Å². The Hall–Kier alpha value is -2.07. The lowest BCUT2D eigenvalue weighted by molar-refractivity contribution is 0.0523. The largest absolute Gasteiger partial charge is 0.462 e. The summed E-state index contributed by atoms with van der Waals surface area (Å²) in [6.07, 6.45) is 2.49. The molecule has 1 aromatic carbocycles. The zero-order valence-corrected chi connectivity index (χ0v) is 15.7. The third-order valence-electron chi connectivity index (χ3n) is 4.79. The molecule has 0 N–H and O–H groups in total. The number of aromatic nitrogens is 1. The first-order valence-electron chi connectivity index (χ1n) is 8.56. The molecule has 1 atom stereocenters. The fraction of sp³-hybridized carbons (Fsp3) is 0.400. The van der Waals surface area contributed by atoms with E-state index in [9.17, 15) is 9.59 Å². The highest BCUT2D eigenvalue weighted by atomic mass is 35.5. The summed E-state index contributed by atoms with van der Waals surface area (Å²) < 4.78 is 7.06. The van der Waals surface area contributed by atoms with E-state index < -0.39 is 5.97 Å². The summed E-state index contributed by atoms with van der Waals surface area (Å²) in [5, 5.41) is 0.676. The van der Waals surface area contributed by atoms with Crippen molar-refractivity contribution in [3.05, 3.63) is 56.3 Å². The van der Waals surface area contributed by atoms with E-state index in [1.54, 1.807) is 13.1 Å². The number of pyridine rings is 1. The van der Waals surface area contributed by atoms with Gasteiger partial charge in [0, 0.05) is 28.9 Å². The Kier molecular flexibility index (Phi) is 4.74. The molecule has 1 unspecified atom stereocenters. The van der Waals surface area contributed by atoms with Crippen molar-refractivity contribution in [2.24, 2.45) is 5.92 Å². The molecule has 132 valence electrons. The summed E-state index contributed by atoms with van der Waals surface area (Å²) in [4.78, 5) is 24.6. The highest BCUT2D eigenvalue weighted by Crippen LogP contribution is 2.39. The maximum Gasteiger partial charge on any atom is 0.343 e. The van der Waals surface area contributed by atoms with Crippen molar-refractivity contribution in [3.63, 3.8) is 0 Å². The van der Waals surface area contributed by atoms with E-state index in [1.165, 1.54) is 11.6 Å². The average molecular weight is 360 g/mol.